The summed E-state index contributed by atoms with van der Waals surface area (Å²) in [4.78, 5) is 23.4. The number of rotatable bonds is 9. The summed E-state index contributed by atoms with van der Waals surface area (Å²) in [5.41, 5.74) is 1.79. The molecule has 30 heavy (non-hydrogen) atoms. The Morgan fingerprint density at radius 1 is 1.07 bits per heavy atom. The van der Waals surface area contributed by atoms with Crippen LogP contribution >= 0.6 is 0 Å². The van der Waals surface area contributed by atoms with Crippen LogP contribution in [-0.4, -0.2) is 93.0 Å². The standard InChI is InChI=1S/C23H40N6O/c1-6-24-23(25-16-19(3)18-29-14-12-28(7-2)13-15-29)26-17-20-8-10-21(11-9-20)22(30)27(4)5/h8-11,19H,6-7,12-18H2,1-5H3,(H2,24,25,26). The highest BCUT2D eigenvalue weighted by atomic mass is 16.2. The van der Waals surface area contributed by atoms with E-state index in [1.54, 1.807) is 19.0 Å². The van der Waals surface area contributed by atoms with Crippen LogP contribution < -0.4 is 10.6 Å². The monoisotopic (exact) mass is 416 g/mol. The summed E-state index contributed by atoms with van der Waals surface area (Å²) in [6.07, 6.45) is 0. The fourth-order valence-corrected chi connectivity index (χ4v) is 3.59. The molecule has 1 aliphatic heterocycles. The van der Waals surface area contributed by atoms with E-state index in [1.165, 1.54) is 26.2 Å². The molecule has 0 aromatic heterocycles. The van der Waals surface area contributed by atoms with Crippen LogP contribution in [0.25, 0.3) is 0 Å². The minimum atomic E-state index is 0.0187. The van der Waals surface area contributed by atoms with Crippen molar-refractivity contribution in [2.24, 2.45) is 10.9 Å². The van der Waals surface area contributed by atoms with Crippen LogP contribution in [0, 0.1) is 5.92 Å². The van der Waals surface area contributed by atoms with E-state index in [2.05, 4.69) is 41.2 Å². The van der Waals surface area contributed by atoms with Gasteiger partial charge in [-0.15, -0.1) is 0 Å². The van der Waals surface area contributed by atoms with Gasteiger partial charge in [0.2, 0.25) is 0 Å². The van der Waals surface area contributed by atoms with E-state index in [-0.39, 0.29) is 5.91 Å². The van der Waals surface area contributed by atoms with Gasteiger partial charge in [0.25, 0.3) is 5.91 Å². The first-order valence-electron chi connectivity index (χ1n) is 11.2. The van der Waals surface area contributed by atoms with Crippen molar-refractivity contribution >= 4 is 11.9 Å². The van der Waals surface area contributed by atoms with Crippen LogP contribution in [0.15, 0.2) is 29.3 Å². The molecule has 1 aliphatic rings. The van der Waals surface area contributed by atoms with Gasteiger partial charge in [-0.25, -0.2) is 4.99 Å². The molecule has 1 atom stereocenters. The second-order valence-electron chi connectivity index (χ2n) is 8.31. The van der Waals surface area contributed by atoms with Crippen molar-refractivity contribution in [1.82, 2.24) is 25.3 Å². The summed E-state index contributed by atoms with van der Waals surface area (Å²) in [5.74, 6) is 1.41. The third kappa shape index (κ3) is 7.95. The topological polar surface area (TPSA) is 63.2 Å². The first kappa shape index (κ1) is 24.2. The van der Waals surface area contributed by atoms with Gasteiger partial charge in [-0.05, 0) is 37.1 Å². The molecule has 7 heteroatoms. The van der Waals surface area contributed by atoms with E-state index in [0.29, 0.717) is 18.0 Å². The number of carbonyl (C=O) groups is 1. The zero-order valence-electron chi connectivity index (χ0n) is 19.4. The smallest absolute Gasteiger partial charge is 0.253 e. The van der Waals surface area contributed by atoms with E-state index in [1.807, 2.05) is 24.3 Å². The quantitative estimate of drug-likeness (QED) is 0.474. The number of hydrogen-bond acceptors (Lipinski definition) is 4. The molecule has 1 amide bonds. The van der Waals surface area contributed by atoms with Crippen LogP contribution in [0.1, 0.15) is 36.7 Å². The predicted molar refractivity (Wildman–Crippen MR) is 125 cm³/mol. The number of guanidine groups is 1. The maximum absolute atomic E-state index is 12.0. The Hall–Kier alpha value is -2.12. The lowest BCUT2D eigenvalue weighted by atomic mass is 10.1. The van der Waals surface area contributed by atoms with Crippen molar-refractivity contribution in [2.75, 3.05) is 66.5 Å². The van der Waals surface area contributed by atoms with Gasteiger partial charge in [0.15, 0.2) is 5.96 Å². The Kier molecular flexibility index (Phi) is 10.1. The molecule has 2 N–H and O–H groups in total. The van der Waals surface area contributed by atoms with Crippen molar-refractivity contribution < 1.29 is 4.79 Å². The fraction of sp³-hybridized carbons (Fsp3) is 0.652. The molecule has 0 radical (unpaired) electrons. The van der Waals surface area contributed by atoms with Gasteiger partial charge in [-0.2, -0.15) is 0 Å². The minimum absolute atomic E-state index is 0.0187. The van der Waals surface area contributed by atoms with Crippen molar-refractivity contribution in [3.63, 3.8) is 0 Å². The second kappa shape index (κ2) is 12.5. The Morgan fingerprint density at radius 2 is 1.70 bits per heavy atom. The summed E-state index contributed by atoms with van der Waals surface area (Å²) in [6, 6.07) is 7.69. The molecular formula is C23H40N6O. The summed E-state index contributed by atoms with van der Waals surface area (Å²) in [6.45, 7) is 15.9. The highest BCUT2D eigenvalue weighted by molar-refractivity contribution is 5.93. The summed E-state index contributed by atoms with van der Waals surface area (Å²) in [7, 11) is 3.53. The molecule has 1 saturated heterocycles. The number of benzene rings is 1. The summed E-state index contributed by atoms with van der Waals surface area (Å²) in [5, 5.41) is 6.81. The molecule has 2 rings (SSSR count). The molecule has 1 aromatic rings. The van der Waals surface area contributed by atoms with Gasteiger partial charge in [-0.3, -0.25) is 4.79 Å². The zero-order valence-corrected chi connectivity index (χ0v) is 19.4. The van der Waals surface area contributed by atoms with E-state index >= 15 is 0 Å². The number of amides is 1. The number of hydrogen-bond donors (Lipinski definition) is 2. The number of aliphatic imine (C=N–C) groups is 1. The minimum Gasteiger partial charge on any atom is -0.357 e. The van der Waals surface area contributed by atoms with Crippen LogP contribution in [0.5, 0.6) is 0 Å². The largest absolute Gasteiger partial charge is 0.357 e. The molecule has 7 nitrogen and oxygen atoms in total. The number of nitrogens with zero attached hydrogens (tertiary/aromatic N) is 4. The number of likely N-dealkylation sites (N-methyl/N-ethyl adjacent to an activating group) is 1. The Balaban J connectivity index is 1.81. The maximum Gasteiger partial charge on any atom is 0.253 e. The summed E-state index contributed by atoms with van der Waals surface area (Å²) >= 11 is 0. The second-order valence-corrected chi connectivity index (χ2v) is 8.31. The Morgan fingerprint density at radius 3 is 2.27 bits per heavy atom. The van der Waals surface area contributed by atoms with Crippen molar-refractivity contribution in [2.45, 2.75) is 27.3 Å². The first-order valence-corrected chi connectivity index (χ1v) is 11.2. The van der Waals surface area contributed by atoms with Gasteiger partial charge in [0.05, 0.1) is 6.54 Å². The van der Waals surface area contributed by atoms with E-state index in [4.69, 9.17) is 4.99 Å². The van der Waals surface area contributed by atoms with Crippen LogP contribution in [0.4, 0.5) is 0 Å². The zero-order chi connectivity index (χ0) is 21.9. The maximum atomic E-state index is 12.0. The summed E-state index contributed by atoms with van der Waals surface area (Å²) < 4.78 is 0. The lowest BCUT2D eigenvalue weighted by molar-refractivity contribution is 0.0827. The Bertz CT molecular complexity index is 665. The normalized spacial score (nSPS) is 16.9. The average Bonchev–Trinajstić information content (AvgIpc) is 2.76. The first-order chi connectivity index (χ1) is 14.4. The van der Waals surface area contributed by atoms with Crippen molar-refractivity contribution in [1.29, 1.82) is 0 Å². The van der Waals surface area contributed by atoms with Gasteiger partial charge in [0, 0.05) is 65.5 Å². The third-order valence-corrected chi connectivity index (χ3v) is 5.47. The number of piperazine rings is 1. The van der Waals surface area contributed by atoms with Crippen LogP contribution in [0.2, 0.25) is 0 Å². The molecule has 0 spiro atoms. The highest BCUT2D eigenvalue weighted by Gasteiger charge is 2.17. The van der Waals surface area contributed by atoms with E-state index in [0.717, 1.165) is 37.7 Å². The molecule has 0 aliphatic carbocycles. The van der Waals surface area contributed by atoms with Gasteiger partial charge >= 0.3 is 0 Å². The molecule has 1 unspecified atom stereocenters. The average molecular weight is 417 g/mol. The van der Waals surface area contributed by atoms with Crippen molar-refractivity contribution in [3.8, 4) is 0 Å². The van der Waals surface area contributed by atoms with Gasteiger partial charge in [0.1, 0.15) is 0 Å². The fourth-order valence-electron chi connectivity index (χ4n) is 3.59. The lowest BCUT2D eigenvalue weighted by Gasteiger charge is -2.35. The van der Waals surface area contributed by atoms with E-state index in [9.17, 15) is 4.79 Å². The van der Waals surface area contributed by atoms with Crippen molar-refractivity contribution in [3.05, 3.63) is 35.4 Å². The molecule has 0 saturated carbocycles. The van der Waals surface area contributed by atoms with E-state index < -0.39 is 0 Å². The van der Waals surface area contributed by atoms with Gasteiger partial charge < -0.3 is 25.3 Å². The number of nitrogens with one attached hydrogen (secondary N) is 2. The molecule has 1 aromatic carbocycles. The highest BCUT2D eigenvalue weighted by Crippen LogP contribution is 2.08. The molecular weight excluding hydrogens is 376 g/mol. The molecule has 1 fully saturated rings. The SMILES string of the molecule is CCNC(=NCc1ccc(C(=O)N(C)C)cc1)NCC(C)CN1CCN(CC)CC1. The van der Waals surface area contributed by atoms with Crippen LogP contribution in [-0.2, 0) is 6.54 Å². The molecule has 0 bridgehead atoms. The van der Waals surface area contributed by atoms with Crippen LogP contribution in [0.3, 0.4) is 0 Å². The molecule has 1 heterocycles. The Labute approximate surface area is 182 Å². The van der Waals surface area contributed by atoms with Gasteiger partial charge in [-0.1, -0.05) is 26.0 Å². The third-order valence-electron chi connectivity index (χ3n) is 5.47. The number of carbonyl (C=O) groups excluding carboxylic acids is 1. The lowest BCUT2D eigenvalue weighted by Crippen LogP contribution is -2.48. The predicted octanol–water partition coefficient (Wildman–Crippen LogP) is 1.72. The molecule has 168 valence electrons.